The lowest BCUT2D eigenvalue weighted by molar-refractivity contribution is 0.174. The molecule has 0 fully saturated rings. The molecule has 1 N–H and O–H groups in total. The summed E-state index contributed by atoms with van der Waals surface area (Å²) in [6.45, 7) is 4.53. The normalized spacial score (nSPS) is 12.7. The van der Waals surface area contributed by atoms with E-state index in [2.05, 4.69) is 5.10 Å². The summed E-state index contributed by atoms with van der Waals surface area (Å²) in [5, 5.41) is 14.4. The number of benzene rings is 1. The highest BCUT2D eigenvalue weighted by molar-refractivity contribution is 5.22. The highest BCUT2D eigenvalue weighted by Crippen LogP contribution is 2.20. The molecule has 0 bridgehead atoms. The Balaban J connectivity index is 2.20. The molecule has 102 valence electrons. The van der Waals surface area contributed by atoms with Crippen molar-refractivity contribution >= 4 is 0 Å². The molecule has 1 atom stereocenters. The first-order chi connectivity index (χ1) is 9.01. The lowest BCUT2D eigenvalue weighted by atomic mass is 10.0. The van der Waals surface area contributed by atoms with Crippen LogP contribution in [0.25, 0.3) is 0 Å². The van der Waals surface area contributed by atoms with Crippen molar-refractivity contribution in [3.05, 3.63) is 52.9 Å². The molecule has 19 heavy (non-hydrogen) atoms. The molecular formula is C14H16F2N2O. The maximum atomic E-state index is 13.1. The fraction of sp³-hybridized carbons (Fsp3) is 0.357. The molecule has 0 saturated heterocycles. The summed E-state index contributed by atoms with van der Waals surface area (Å²) in [6, 6.07) is 5.32. The SMILES string of the molecule is CCn1nc(C)cc1CC(O)c1ccc(F)c(F)c1. The van der Waals surface area contributed by atoms with Crippen molar-refractivity contribution in [2.75, 3.05) is 0 Å². The minimum absolute atomic E-state index is 0.319. The monoisotopic (exact) mass is 266 g/mol. The van der Waals surface area contributed by atoms with Crippen LogP contribution in [0.1, 0.15) is 30.0 Å². The molecular weight excluding hydrogens is 250 g/mol. The van der Waals surface area contributed by atoms with Crippen molar-refractivity contribution in [3.8, 4) is 0 Å². The topological polar surface area (TPSA) is 38.0 Å². The van der Waals surface area contributed by atoms with Gasteiger partial charge in [-0.1, -0.05) is 6.07 Å². The third kappa shape index (κ3) is 2.98. The van der Waals surface area contributed by atoms with Crippen LogP contribution in [-0.2, 0) is 13.0 Å². The van der Waals surface area contributed by atoms with Crippen molar-refractivity contribution in [3.63, 3.8) is 0 Å². The van der Waals surface area contributed by atoms with Crippen molar-refractivity contribution in [2.45, 2.75) is 32.9 Å². The van der Waals surface area contributed by atoms with Crippen molar-refractivity contribution < 1.29 is 13.9 Å². The third-order valence-electron chi connectivity index (χ3n) is 3.02. The largest absolute Gasteiger partial charge is 0.388 e. The second-order valence-corrected chi connectivity index (χ2v) is 4.49. The van der Waals surface area contributed by atoms with E-state index in [-0.39, 0.29) is 0 Å². The standard InChI is InChI=1S/C14H16F2N2O/c1-3-18-11(6-9(2)17-18)8-14(19)10-4-5-12(15)13(16)7-10/h4-7,14,19H,3,8H2,1-2H3. The summed E-state index contributed by atoms with van der Waals surface area (Å²) in [6.07, 6.45) is -0.559. The van der Waals surface area contributed by atoms with Crippen LogP contribution in [-0.4, -0.2) is 14.9 Å². The van der Waals surface area contributed by atoms with Crippen LogP contribution in [0.4, 0.5) is 8.78 Å². The Bertz CT molecular complexity index is 581. The second kappa shape index (κ2) is 5.48. The molecule has 5 heteroatoms. The zero-order chi connectivity index (χ0) is 14.0. The van der Waals surface area contributed by atoms with Crippen molar-refractivity contribution in [2.24, 2.45) is 0 Å². The van der Waals surface area contributed by atoms with Crippen LogP contribution < -0.4 is 0 Å². The molecule has 0 aliphatic rings. The Morgan fingerprint density at radius 2 is 2.00 bits per heavy atom. The van der Waals surface area contributed by atoms with E-state index < -0.39 is 17.7 Å². The molecule has 2 rings (SSSR count). The molecule has 1 heterocycles. The predicted molar refractivity (Wildman–Crippen MR) is 67.7 cm³/mol. The maximum Gasteiger partial charge on any atom is 0.159 e. The van der Waals surface area contributed by atoms with Crippen LogP contribution in [0.3, 0.4) is 0 Å². The molecule has 3 nitrogen and oxygen atoms in total. The zero-order valence-corrected chi connectivity index (χ0v) is 10.9. The van der Waals surface area contributed by atoms with E-state index in [4.69, 9.17) is 0 Å². The van der Waals surface area contributed by atoms with Gasteiger partial charge in [-0.15, -0.1) is 0 Å². The minimum Gasteiger partial charge on any atom is -0.388 e. The van der Waals surface area contributed by atoms with Crippen LogP contribution in [0.15, 0.2) is 24.3 Å². The van der Waals surface area contributed by atoms with E-state index in [0.29, 0.717) is 18.5 Å². The zero-order valence-electron chi connectivity index (χ0n) is 10.9. The summed E-state index contributed by atoms with van der Waals surface area (Å²) in [5.41, 5.74) is 2.10. The maximum absolute atomic E-state index is 13.1. The highest BCUT2D eigenvalue weighted by Gasteiger charge is 2.14. The lowest BCUT2D eigenvalue weighted by Crippen LogP contribution is -2.09. The summed E-state index contributed by atoms with van der Waals surface area (Å²) < 4.78 is 27.8. The van der Waals surface area contributed by atoms with Gasteiger partial charge in [0.15, 0.2) is 11.6 Å². The number of halogens is 2. The fourth-order valence-corrected chi connectivity index (χ4v) is 2.07. The van der Waals surface area contributed by atoms with Gasteiger partial charge in [-0.25, -0.2) is 8.78 Å². The fourth-order valence-electron chi connectivity index (χ4n) is 2.07. The van der Waals surface area contributed by atoms with Crippen LogP contribution in [0.2, 0.25) is 0 Å². The Hall–Kier alpha value is -1.75. The number of aromatic nitrogens is 2. The second-order valence-electron chi connectivity index (χ2n) is 4.49. The molecule has 1 aromatic heterocycles. The summed E-state index contributed by atoms with van der Waals surface area (Å²) in [7, 11) is 0. The molecule has 0 amide bonds. The number of aliphatic hydroxyl groups excluding tert-OH is 1. The van der Waals surface area contributed by atoms with Gasteiger partial charge in [0, 0.05) is 18.7 Å². The first-order valence-electron chi connectivity index (χ1n) is 6.17. The quantitative estimate of drug-likeness (QED) is 0.924. The average molecular weight is 266 g/mol. The number of aryl methyl sites for hydroxylation is 2. The predicted octanol–water partition coefficient (Wildman–Crippen LogP) is 2.77. The van der Waals surface area contributed by atoms with Gasteiger partial charge in [0.25, 0.3) is 0 Å². The van der Waals surface area contributed by atoms with Gasteiger partial charge < -0.3 is 5.11 Å². The van der Waals surface area contributed by atoms with E-state index in [1.807, 2.05) is 19.9 Å². The molecule has 1 unspecified atom stereocenters. The highest BCUT2D eigenvalue weighted by atomic mass is 19.2. The smallest absolute Gasteiger partial charge is 0.159 e. The molecule has 2 aromatic rings. The van der Waals surface area contributed by atoms with E-state index in [1.165, 1.54) is 6.07 Å². The Kier molecular flexibility index (Phi) is 3.95. The van der Waals surface area contributed by atoms with Gasteiger partial charge in [0.2, 0.25) is 0 Å². The van der Waals surface area contributed by atoms with Crippen molar-refractivity contribution in [1.82, 2.24) is 9.78 Å². The Morgan fingerprint density at radius 1 is 1.26 bits per heavy atom. The molecule has 0 aliphatic heterocycles. The van der Waals surface area contributed by atoms with Gasteiger partial charge in [-0.3, -0.25) is 4.68 Å². The summed E-state index contributed by atoms with van der Waals surface area (Å²) >= 11 is 0. The van der Waals surface area contributed by atoms with Crippen LogP contribution >= 0.6 is 0 Å². The van der Waals surface area contributed by atoms with Crippen LogP contribution in [0, 0.1) is 18.6 Å². The third-order valence-corrected chi connectivity index (χ3v) is 3.02. The lowest BCUT2D eigenvalue weighted by Gasteiger charge is -2.12. The number of aliphatic hydroxyl groups is 1. The molecule has 0 radical (unpaired) electrons. The van der Waals surface area contributed by atoms with E-state index in [0.717, 1.165) is 23.5 Å². The van der Waals surface area contributed by atoms with Crippen LogP contribution in [0.5, 0.6) is 0 Å². The Morgan fingerprint density at radius 3 is 2.63 bits per heavy atom. The number of hydrogen-bond donors (Lipinski definition) is 1. The van der Waals surface area contributed by atoms with Gasteiger partial charge in [-0.05, 0) is 37.6 Å². The molecule has 0 aliphatic carbocycles. The number of nitrogens with zero attached hydrogens (tertiary/aromatic N) is 2. The molecule has 1 aromatic carbocycles. The number of rotatable bonds is 4. The molecule has 0 spiro atoms. The molecule has 0 saturated carbocycles. The minimum atomic E-state index is -0.947. The average Bonchev–Trinajstić information content (AvgIpc) is 2.72. The van der Waals surface area contributed by atoms with Gasteiger partial charge in [0.1, 0.15) is 0 Å². The van der Waals surface area contributed by atoms with E-state index in [1.54, 1.807) is 4.68 Å². The van der Waals surface area contributed by atoms with E-state index >= 15 is 0 Å². The van der Waals surface area contributed by atoms with Gasteiger partial charge in [0.05, 0.1) is 11.8 Å². The first kappa shape index (κ1) is 13.7. The van der Waals surface area contributed by atoms with E-state index in [9.17, 15) is 13.9 Å². The van der Waals surface area contributed by atoms with Gasteiger partial charge in [-0.2, -0.15) is 5.10 Å². The summed E-state index contributed by atoms with van der Waals surface area (Å²) in [5.74, 6) is -1.86. The summed E-state index contributed by atoms with van der Waals surface area (Å²) in [4.78, 5) is 0. The first-order valence-corrected chi connectivity index (χ1v) is 6.17. The Labute approximate surface area is 110 Å². The van der Waals surface area contributed by atoms with Gasteiger partial charge >= 0.3 is 0 Å². The van der Waals surface area contributed by atoms with Crippen molar-refractivity contribution in [1.29, 1.82) is 0 Å². The number of hydrogen-bond acceptors (Lipinski definition) is 2.